The molecule has 1 atom stereocenters. The molecule has 0 aromatic heterocycles. The molecule has 0 aliphatic carbocycles. The molecule has 0 spiro atoms. The molecule has 0 N–H and O–H groups in total. The van der Waals surface area contributed by atoms with Gasteiger partial charge in [0.2, 0.25) is 0 Å². The molecule has 0 radical (unpaired) electrons. The molecule has 0 aliphatic rings. The molecule has 0 heterocycles. The van der Waals surface area contributed by atoms with E-state index in [9.17, 15) is 39.5 Å². The van der Waals surface area contributed by atoms with Crippen molar-refractivity contribution in [2.75, 3.05) is 0 Å². The summed E-state index contributed by atoms with van der Waals surface area (Å²) < 4.78 is 106. The fraction of sp³-hybridized carbons (Fsp3) is 1.00. The maximum absolute atomic E-state index is 12.2. The highest BCUT2D eigenvalue weighted by atomic mass is 35.5. The first-order chi connectivity index (χ1) is 6.31. The molecule has 15 heavy (non-hydrogen) atoms. The Hall–Kier alpha value is -0.380. The molecule has 0 amide bonds. The van der Waals surface area contributed by atoms with Crippen LogP contribution in [0, 0.1) is 0 Å². The van der Waals surface area contributed by atoms with Crippen molar-refractivity contribution >= 4 is 11.6 Å². The predicted octanol–water partition coefficient (Wildman–Crippen LogP) is 3.46. The highest BCUT2D eigenvalue weighted by Crippen LogP contribution is 2.44. The van der Waals surface area contributed by atoms with E-state index in [1.165, 1.54) is 0 Å². The van der Waals surface area contributed by atoms with Crippen LogP contribution in [0.4, 0.5) is 39.5 Å². The van der Waals surface area contributed by atoms with Crippen molar-refractivity contribution in [2.24, 2.45) is 0 Å². The van der Waals surface area contributed by atoms with E-state index in [-0.39, 0.29) is 0 Å². The summed E-state index contributed by atoms with van der Waals surface area (Å²) >= 11 is 3.92. The zero-order chi connectivity index (χ0) is 12.7. The molecule has 0 saturated heterocycles. The Kier molecular flexibility index (Phi) is 3.79. The van der Waals surface area contributed by atoms with Crippen molar-refractivity contribution in [3.8, 4) is 0 Å². The summed E-state index contributed by atoms with van der Waals surface area (Å²) in [5, 5.41) is 0. The van der Waals surface area contributed by atoms with Gasteiger partial charge >= 0.3 is 18.6 Å². The number of hydrogen-bond acceptors (Lipinski definition) is 1. The Morgan fingerprint density at radius 3 is 1.13 bits per heavy atom. The first-order valence-electron chi connectivity index (χ1n) is 2.91. The Bertz CT molecular complexity index is 203. The average Bonchev–Trinajstić information content (AvgIpc) is 1.76. The molecular weight excluding hydrogens is 268 g/mol. The molecule has 1 unspecified atom stereocenters. The second-order valence-corrected chi connectivity index (χ2v) is 2.54. The van der Waals surface area contributed by atoms with Gasteiger partial charge in [-0.25, -0.2) is 4.39 Å². The van der Waals surface area contributed by atoms with Crippen molar-refractivity contribution in [3.05, 3.63) is 0 Å². The third-order valence-electron chi connectivity index (χ3n) is 1.07. The SMILES string of the molecule is FC(Cl)C(F)(F)N(C(F)(F)F)C(F)(F)F. The van der Waals surface area contributed by atoms with Crippen LogP contribution >= 0.6 is 11.6 Å². The Morgan fingerprint density at radius 1 is 0.800 bits per heavy atom. The largest absolute Gasteiger partial charge is 0.472 e. The summed E-state index contributed by atoms with van der Waals surface area (Å²) in [6.07, 6.45) is -13.0. The molecule has 0 aliphatic heterocycles. The highest BCUT2D eigenvalue weighted by molar-refractivity contribution is 6.20. The molecule has 0 saturated carbocycles. The summed E-state index contributed by atoms with van der Waals surface area (Å²) in [4.78, 5) is -3.20. The van der Waals surface area contributed by atoms with Crippen molar-refractivity contribution in [1.29, 1.82) is 0 Å². The van der Waals surface area contributed by atoms with Crippen LogP contribution in [0.3, 0.4) is 0 Å². The summed E-state index contributed by atoms with van der Waals surface area (Å²) in [6.45, 7) is 0. The maximum Gasteiger partial charge on any atom is 0.472 e. The zero-order valence-corrected chi connectivity index (χ0v) is 7.06. The minimum absolute atomic E-state index is 3.20. The van der Waals surface area contributed by atoms with E-state index in [0.29, 0.717) is 0 Å². The molecular formula is C4HClF9N. The van der Waals surface area contributed by atoms with Gasteiger partial charge in [-0.1, -0.05) is 16.5 Å². The van der Waals surface area contributed by atoms with Gasteiger partial charge in [0, 0.05) is 0 Å². The molecule has 0 bridgehead atoms. The van der Waals surface area contributed by atoms with Crippen molar-refractivity contribution in [1.82, 2.24) is 4.90 Å². The van der Waals surface area contributed by atoms with Crippen LogP contribution in [-0.2, 0) is 0 Å². The molecule has 11 heteroatoms. The Morgan fingerprint density at radius 2 is 1.07 bits per heavy atom. The number of alkyl halides is 10. The van der Waals surface area contributed by atoms with Crippen LogP contribution < -0.4 is 0 Å². The van der Waals surface area contributed by atoms with Gasteiger partial charge < -0.3 is 0 Å². The summed E-state index contributed by atoms with van der Waals surface area (Å²) in [7, 11) is 0. The fourth-order valence-electron chi connectivity index (χ4n) is 0.579. The fourth-order valence-corrected chi connectivity index (χ4v) is 0.677. The normalized spacial score (nSPS) is 17.0. The van der Waals surface area contributed by atoms with E-state index in [2.05, 4.69) is 11.6 Å². The van der Waals surface area contributed by atoms with E-state index in [4.69, 9.17) is 0 Å². The van der Waals surface area contributed by atoms with Gasteiger partial charge in [0.1, 0.15) is 0 Å². The molecule has 1 nitrogen and oxygen atoms in total. The lowest BCUT2D eigenvalue weighted by Gasteiger charge is -2.33. The van der Waals surface area contributed by atoms with Gasteiger partial charge in [-0.15, -0.1) is 0 Å². The Balaban J connectivity index is 5.33. The van der Waals surface area contributed by atoms with Crippen molar-refractivity contribution < 1.29 is 39.5 Å². The molecule has 0 aromatic rings. The number of rotatable bonds is 2. The van der Waals surface area contributed by atoms with Gasteiger partial charge in [0.15, 0.2) is 0 Å². The first kappa shape index (κ1) is 14.6. The van der Waals surface area contributed by atoms with Crippen LogP contribution in [-0.4, -0.2) is 29.2 Å². The summed E-state index contributed by atoms with van der Waals surface area (Å²) in [5.74, 6) is 0. The third kappa shape index (κ3) is 3.30. The van der Waals surface area contributed by atoms with Gasteiger partial charge in [-0.05, 0) is 0 Å². The monoisotopic (exact) mass is 269 g/mol. The highest BCUT2D eigenvalue weighted by Gasteiger charge is 2.68. The van der Waals surface area contributed by atoms with Crippen molar-refractivity contribution in [3.63, 3.8) is 0 Å². The van der Waals surface area contributed by atoms with E-state index in [1.54, 1.807) is 0 Å². The topological polar surface area (TPSA) is 3.24 Å². The standard InChI is InChI=1S/C4HClF9N/c5-1(6)2(7,8)15(3(9,10)11)4(12,13)14/h1H. The number of nitrogens with zero attached hydrogens (tertiary/aromatic N) is 1. The van der Waals surface area contributed by atoms with Gasteiger partial charge in [0.05, 0.1) is 0 Å². The van der Waals surface area contributed by atoms with Crippen LogP contribution in [0.15, 0.2) is 0 Å². The molecule has 0 aromatic carbocycles. The van der Waals surface area contributed by atoms with Crippen LogP contribution in [0.5, 0.6) is 0 Å². The van der Waals surface area contributed by atoms with Crippen molar-refractivity contribution in [2.45, 2.75) is 24.3 Å². The lowest BCUT2D eigenvalue weighted by molar-refractivity contribution is -0.443. The summed E-state index contributed by atoms with van der Waals surface area (Å²) in [6, 6.07) is -5.93. The van der Waals surface area contributed by atoms with Gasteiger partial charge in [-0.2, -0.15) is 35.1 Å². The molecule has 92 valence electrons. The maximum atomic E-state index is 12.2. The second kappa shape index (κ2) is 3.89. The quantitative estimate of drug-likeness (QED) is 0.421. The van der Waals surface area contributed by atoms with E-state index >= 15 is 0 Å². The first-order valence-corrected chi connectivity index (χ1v) is 3.34. The van der Waals surface area contributed by atoms with Crippen LogP contribution in [0.25, 0.3) is 0 Å². The van der Waals surface area contributed by atoms with Crippen LogP contribution in [0.1, 0.15) is 0 Å². The summed E-state index contributed by atoms with van der Waals surface area (Å²) in [5.41, 5.74) is -4.15. The van der Waals surface area contributed by atoms with E-state index in [0.717, 1.165) is 0 Å². The predicted molar refractivity (Wildman–Crippen MR) is 29.6 cm³/mol. The Labute approximate surface area is 81.4 Å². The smallest absolute Gasteiger partial charge is 0.221 e. The molecule has 0 rings (SSSR count). The van der Waals surface area contributed by atoms with Gasteiger partial charge in [0.25, 0.3) is 5.63 Å². The lowest BCUT2D eigenvalue weighted by atomic mass is 10.5. The molecule has 0 fully saturated rings. The zero-order valence-electron chi connectivity index (χ0n) is 6.30. The number of hydrogen-bond donors (Lipinski definition) is 0. The van der Waals surface area contributed by atoms with Crippen LogP contribution in [0.2, 0.25) is 0 Å². The lowest BCUT2D eigenvalue weighted by Crippen LogP contribution is -2.60. The minimum Gasteiger partial charge on any atom is -0.221 e. The van der Waals surface area contributed by atoms with E-state index < -0.39 is 29.2 Å². The van der Waals surface area contributed by atoms with Gasteiger partial charge in [-0.3, -0.25) is 0 Å². The minimum atomic E-state index is -6.50. The van der Waals surface area contributed by atoms with E-state index in [1.807, 2.05) is 0 Å². The third-order valence-corrected chi connectivity index (χ3v) is 1.33. The number of halogens is 10. The average molecular weight is 269 g/mol. The second-order valence-electron chi connectivity index (χ2n) is 2.16.